The van der Waals surface area contributed by atoms with Crippen molar-refractivity contribution < 1.29 is 4.74 Å². The Morgan fingerprint density at radius 3 is 0.806 bits per heavy atom. The van der Waals surface area contributed by atoms with Crippen molar-refractivity contribution in [1.82, 2.24) is 0 Å². The maximum atomic E-state index is 5.22. The van der Waals surface area contributed by atoms with Crippen LogP contribution in [0, 0.1) is 11.8 Å². The van der Waals surface area contributed by atoms with E-state index in [1.165, 1.54) is 180 Å². The predicted octanol–water partition coefficient (Wildman–Crippen LogP) is 12.8. The van der Waals surface area contributed by atoms with Crippen LogP contribution in [0.15, 0.2) is 0 Å². The molecule has 0 heterocycles. The Labute approximate surface area is 230 Å². The Morgan fingerprint density at radius 2 is 0.583 bits per heavy atom. The van der Waals surface area contributed by atoms with Gasteiger partial charge in [0.25, 0.3) is 0 Å². The van der Waals surface area contributed by atoms with Crippen LogP contribution < -0.4 is 0 Å². The van der Waals surface area contributed by atoms with Gasteiger partial charge in [0.15, 0.2) is 0 Å². The normalized spacial score (nSPS) is 13.3. The van der Waals surface area contributed by atoms with Gasteiger partial charge in [-0.3, -0.25) is 0 Å². The lowest BCUT2D eigenvalue weighted by atomic mass is 9.99. The summed E-state index contributed by atoms with van der Waals surface area (Å²) in [6.07, 6.45) is 41.0. The molecule has 0 aliphatic carbocycles. The molecule has 218 valence electrons. The van der Waals surface area contributed by atoms with Crippen LogP contribution in [0.1, 0.15) is 201 Å². The molecular formula is C35H72O. The maximum Gasteiger partial charge on any atom is 0.0487 e. The van der Waals surface area contributed by atoms with Gasteiger partial charge in [-0.25, -0.2) is 0 Å². The standard InChI is InChI=1S/C35H72O/c1-5-34(2)31-29-27-25-23-21-19-17-15-13-11-9-7-6-8-10-12-14-16-18-20-22-24-26-28-30-32-35(3)33-36-4/h34-35H,5-33H2,1-4H3. The first kappa shape index (κ1) is 36.0. The van der Waals surface area contributed by atoms with Crippen LogP contribution in [0.3, 0.4) is 0 Å². The Morgan fingerprint density at radius 1 is 0.361 bits per heavy atom. The molecule has 2 unspecified atom stereocenters. The van der Waals surface area contributed by atoms with Crippen molar-refractivity contribution in [2.45, 2.75) is 201 Å². The number of hydrogen-bond acceptors (Lipinski definition) is 1. The Bertz CT molecular complexity index is 379. The second-order valence-corrected chi connectivity index (χ2v) is 12.5. The van der Waals surface area contributed by atoms with Crippen LogP contribution in [0.2, 0.25) is 0 Å². The third-order valence-electron chi connectivity index (χ3n) is 8.54. The highest BCUT2D eigenvalue weighted by atomic mass is 16.5. The smallest absolute Gasteiger partial charge is 0.0487 e. The second-order valence-electron chi connectivity index (χ2n) is 12.5. The molecule has 1 heteroatoms. The number of ether oxygens (including phenoxy) is 1. The van der Waals surface area contributed by atoms with Gasteiger partial charge in [0.2, 0.25) is 0 Å². The van der Waals surface area contributed by atoms with Crippen LogP contribution in [0.4, 0.5) is 0 Å². The molecule has 36 heavy (non-hydrogen) atoms. The molecule has 0 radical (unpaired) electrons. The van der Waals surface area contributed by atoms with Crippen molar-refractivity contribution in [3.05, 3.63) is 0 Å². The Balaban J connectivity index is 3.05. The zero-order valence-electron chi connectivity index (χ0n) is 26.1. The Hall–Kier alpha value is -0.0400. The van der Waals surface area contributed by atoms with Gasteiger partial charge in [0.05, 0.1) is 0 Å². The summed E-state index contributed by atoms with van der Waals surface area (Å²) < 4.78 is 5.22. The maximum absolute atomic E-state index is 5.22. The summed E-state index contributed by atoms with van der Waals surface area (Å²) in [6, 6.07) is 0. The lowest BCUT2D eigenvalue weighted by molar-refractivity contribution is 0.154. The molecule has 0 saturated carbocycles. The van der Waals surface area contributed by atoms with Crippen LogP contribution in [0.25, 0.3) is 0 Å². The number of unbranched alkanes of at least 4 members (excludes halogenated alkanes) is 24. The first-order valence-corrected chi connectivity index (χ1v) is 17.2. The summed E-state index contributed by atoms with van der Waals surface area (Å²) in [7, 11) is 1.82. The lowest BCUT2D eigenvalue weighted by Crippen LogP contribution is -2.02. The highest BCUT2D eigenvalue weighted by molar-refractivity contribution is 4.55. The van der Waals surface area contributed by atoms with E-state index in [-0.39, 0.29) is 0 Å². The van der Waals surface area contributed by atoms with E-state index >= 15 is 0 Å². The van der Waals surface area contributed by atoms with Crippen molar-refractivity contribution in [3.63, 3.8) is 0 Å². The zero-order chi connectivity index (χ0) is 26.4. The molecular weight excluding hydrogens is 436 g/mol. The van der Waals surface area contributed by atoms with Crippen molar-refractivity contribution in [3.8, 4) is 0 Å². The molecule has 0 spiro atoms. The van der Waals surface area contributed by atoms with Crippen LogP contribution in [0.5, 0.6) is 0 Å². The number of methoxy groups -OCH3 is 1. The second kappa shape index (κ2) is 31.2. The molecule has 0 saturated heterocycles. The van der Waals surface area contributed by atoms with Crippen LogP contribution >= 0.6 is 0 Å². The average Bonchev–Trinajstić information content (AvgIpc) is 2.88. The quantitative estimate of drug-likeness (QED) is 0.0846. The number of hydrogen-bond donors (Lipinski definition) is 0. The van der Waals surface area contributed by atoms with Crippen LogP contribution in [-0.4, -0.2) is 13.7 Å². The van der Waals surface area contributed by atoms with E-state index in [4.69, 9.17) is 4.74 Å². The van der Waals surface area contributed by atoms with Crippen LogP contribution in [-0.2, 0) is 4.74 Å². The fraction of sp³-hybridized carbons (Fsp3) is 1.00. The largest absolute Gasteiger partial charge is 0.384 e. The van der Waals surface area contributed by atoms with Crippen molar-refractivity contribution in [2.24, 2.45) is 11.8 Å². The molecule has 0 aromatic rings. The minimum atomic E-state index is 0.739. The molecule has 0 aliphatic heterocycles. The van der Waals surface area contributed by atoms with Gasteiger partial charge in [-0.15, -0.1) is 0 Å². The zero-order valence-corrected chi connectivity index (χ0v) is 26.1. The molecule has 0 amide bonds. The van der Waals surface area contributed by atoms with Crippen molar-refractivity contribution in [2.75, 3.05) is 13.7 Å². The summed E-state index contributed by atoms with van der Waals surface area (Å²) in [5.74, 6) is 1.68. The van der Waals surface area contributed by atoms with E-state index in [0.29, 0.717) is 0 Å². The third kappa shape index (κ3) is 30.2. The van der Waals surface area contributed by atoms with Crippen molar-refractivity contribution in [1.29, 1.82) is 0 Å². The monoisotopic (exact) mass is 509 g/mol. The topological polar surface area (TPSA) is 9.23 Å². The van der Waals surface area contributed by atoms with Gasteiger partial charge in [-0.2, -0.15) is 0 Å². The molecule has 0 aromatic heterocycles. The minimum absolute atomic E-state index is 0.739. The molecule has 1 nitrogen and oxygen atoms in total. The molecule has 0 aliphatic rings. The molecule has 0 rings (SSSR count). The Kier molecular flexibility index (Phi) is 31.1. The molecule has 0 aromatic carbocycles. The summed E-state index contributed by atoms with van der Waals surface area (Å²) in [5.41, 5.74) is 0. The summed E-state index contributed by atoms with van der Waals surface area (Å²) in [5, 5.41) is 0. The van der Waals surface area contributed by atoms with Gasteiger partial charge in [0, 0.05) is 13.7 Å². The van der Waals surface area contributed by atoms with E-state index < -0.39 is 0 Å². The molecule has 2 atom stereocenters. The molecule has 0 bridgehead atoms. The van der Waals surface area contributed by atoms with Crippen molar-refractivity contribution >= 4 is 0 Å². The van der Waals surface area contributed by atoms with Gasteiger partial charge in [0.1, 0.15) is 0 Å². The SMILES string of the molecule is CCC(C)CCCCCCCCCCCCCCCCCCCCCCCCCCCC(C)COC. The predicted molar refractivity (Wildman–Crippen MR) is 165 cm³/mol. The average molecular weight is 509 g/mol. The molecule has 0 fully saturated rings. The van der Waals surface area contributed by atoms with E-state index in [2.05, 4.69) is 20.8 Å². The van der Waals surface area contributed by atoms with E-state index in [0.717, 1.165) is 18.4 Å². The van der Waals surface area contributed by atoms with Gasteiger partial charge >= 0.3 is 0 Å². The van der Waals surface area contributed by atoms with Gasteiger partial charge in [-0.1, -0.05) is 194 Å². The van der Waals surface area contributed by atoms with Gasteiger partial charge < -0.3 is 4.74 Å². The lowest BCUT2D eigenvalue weighted by Gasteiger charge is -2.09. The molecule has 0 N–H and O–H groups in total. The first-order valence-electron chi connectivity index (χ1n) is 17.2. The summed E-state index contributed by atoms with van der Waals surface area (Å²) >= 11 is 0. The van der Waals surface area contributed by atoms with E-state index in [9.17, 15) is 0 Å². The minimum Gasteiger partial charge on any atom is -0.384 e. The van der Waals surface area contributed by atoms with Gasteiger partial charge in [-0.05, 0) is 18.3 Å². The summed E-state index contributed by atoms with van der Waals surface area (Å²) in [6.45, 7) is 7.97. The third-order valence-corrected chi connectivity index (χ3v) is 8.54. The first-order chi connectivity index (χ1) is 17.7. The fourth-order valence-electron chi connectivity index (χ4n) is 5.62. The number of rotatable bonds is 31. The van der Waals surface area contributed by atoms with E-state index in [1.807, 2.05) is 7.11 Å². The van der Waals surface area contributed by atoms with E-state index in [1.54, 1.807) is 0 Å². The summed E-state index contributed by atoms with van der Waals surface area (Å²) in [4.78, 5) is 0. The highest BCUT2D eigenvalue weighted by Crippen LogP contribution is 2.17. The fourth-order valence-corrected chi connectivity index (χ4v) is 5.62. The highest BCUT2D eigenvalue weighted by Gasteiger charge is 2.01.